The number of nitrogens with one attached hydrogen (secondary N) is 1. The summed E-state index contributed by atoms with van der Waals surface area (Å²) in [4.78, 5) is 15.8. The van der Waals surface area contributed by atoms with Gasteiger partial charge in [-0.1, -0.05) is 0 Å². The fourth-order valence-corrected chi connectivity index (χ4v) is 1.51. The third kappa shape index (κ3) is 1.38. The van der Waals surface area contributed by atoms with E-state index in [9.17, 15) is 0 Å². The average Bonchev–Trinajstić information content (AvgIpc) is 2.73. The summed E-state index contributed by atoms with van der Waals surface area (Å²) in [6, 6.07) is 7.41. The summed E-state index contributed by atoms with van der Waals surface area (Å²) >= 11 is 0. The molecule has 5 nitrogen and oxygen atoms in total. The summed E-state index contributed by atoms with van der Waals surface area (Å²) in [6.07, 6.45) is 3.32. The van der Waals surface area contributed by atoms with Crippen molar-refractivity contribution in [1.29, 1.82) is 0 Å². The van der Waals surface area contributed by atoms with Gasteiger partial charge in [-0.2, -0.15) is 0 Å². The molecule has 0 aliphatic rings. The van der Waals surface area contributed by atoms with Crippen LogP contribution in [-0.2, 0) is 0 Å². The standard InChI is InChI=1S/C11H9N5/c12-7-3-4-8(14-6-7)11-15-9-2-1-5-13-10(9)16-11/h1-6H,12H2,(H,13,15,16). The van der Waals surface area contributed by atoms with Gasteiger partial charge in [0.05, 0.1) is 17.4 Å². The minimum atomic E-state index is 0.637. The molecule has 0 saturated carbocycles. The summed E-state index contributed by atoms with van der Waals surface area (Å²) in [5, 5.41) is 0. The van der Waals surface area contributed by atoms with Gasteiger partial charge in [0.25, 0.3) is 0 Å². The molecule has 0 amide bonds. The molecule has 3 aromatic rings. The molecule has 3 N–H and O–H groups in total. The van der Waals surface area contributed by atoms with E-state index in [-0.39, 0.29) is 0 Å². The minimum Gasteiger partial charge on any atom is -0.397 e. The number of fused-ring (bicyclic) bond motifs is 1. The highest BCUT2D eigenvalue weighted by Crippen LogP contribution is 2.17. The number of nitrogen functional groups attached to an aromatic ring is 1. The van der Waals surface area contributed by atoms with Crippen molar-refractivity contribution in [3.8, 4) is 11.5 Å². The molecule has 0 bridgehead atoms. The summed E-state index contributed by atoms with van der Waals surface area (Å²) in [7, 11) is 0. The Bertz CT molecular complexity index is 593. The lowest BCUT2D eigenvalue weighted by atomic mass is 10.3. The van der Waals surface area contributed by atoms with Crippen LogP contribution in [0, 0.1) is 0 Å². The largest absolute Gasteiger partial charge is 0.397 e. The van der Waals surface area contributed by atoms with Gasteiger partial charge >= 0.3 is 0 Å². The number of aromatic amines is 1. The van der Waals surface area contributed by atoms with Crippen LogP contribution in [0.15, 0.2) is 36.7 Å². The van der Waals surface area contributed by atoms with E-state index in [1.807, 2.05) is 18.2 Å². The van der Waals surface area contributed by atoms with Crippen molar-refractivity contribution in [3.05, 3.63) is 36.7 Å². The number of hydrogen-bond acceptors (Lipinski definition) is 4. The molecule has 0 unspecified atom stereocenters. The second kappa shape index (κ2) is 3.30. The van der Waals surface area contributed by atoms with Crippen LogP contribution in [0.25, 0.3) is 22.7 Å². The minimum absolute atomic E-state index is 0.637. The van der Waals surface area contributed by atoms with Gasteiger partial charge in [0.15, 0.2) is 11.5 Å². The molecule has 0 aromatic carbocycles. The summed E-state index contributed by atoms with van der Waals surface area (Å²) in [5.41, 5.74) is 8.56. The predicted molar refractivity (Wildman–Crippen MR) is 61.5 cm³/mol. The highest BCUT2D eigenvalue weighted by atomic mass is 15.0. The maximum absolute atomic E-state index is 5.57. The number of nitrogens with two attached hydrogens (primary N) is 1. The highest BCUT2D eigenvalue weighted by Gasteiger charge is 2.05. The highest BCUT2D eigenvalue weighted by molar-refractivity contribution is 5.74. The molecule has 0 aliphatic heterocycles. The third-order valence-corrected chi connectivity index (χ3v) is 2.29. The number of imidazole rings is 1. The monoisotopic (exact) mass is 211 g/mol. The van der Waals surface area contributed by atoms with Crippen LogP contribution < -0.4 is 5.73 Å². The Morgan fingerprint density at radius 2 is 2.06 bits per heavy atom. The number of nitrogens with zero attached hydrogens (tertiary/aromatic N) is 3. The topological polar surface area (TPSA) is 80.5 Å². The van der Waals surface area contributed by atoms with E-state index in [1.165, 1.54) is 0 Å². The molecule has 3 aromatic heterocycles. The lowest BCUT2D eigenvalue weighted by Gasteiger charge is -1.95. The van der Waals surface area contributed by atoms with Gasteiger partial charge in [-0.3, -0.25) is 4.98 Å². The van der Waals surface area contributed by atoms with Gasteiger partial charge in [0, 0.05) is 6.20 Å². The van der Waals surface area contributed by atoms with Crippen molar-refractivity contribution in [2.75, 3.05) is 5.73 Å². The van der Waals surface area contributed by atoms with E-state index >= 15 is 0 Å². The molecule has 0 atom stereocenters. The lowest BCUT2D eigenvalue weighted by molar-refractivity contribution is 1.23. The first kappa shape index (κ1) is 8.84. The van der Waals surface area contributed by atoms with Gasteiger partial charge in [-0.05, 0) is 24.3 Å². The Kier molecular flexibility index (Phi) is 1.83. The molecule has 0 spiro atoms. The number of rotatable bonds is 1. The summed E-state index contributed by atoms with van der Waals surface area (Å²) in [5.74, 6) is 0.702. The molecular formula is C11H9N5. The van der Waals surface area contributed by atoms with Crippen molar-refractivity contribution in [3.63, 3.8) is 0 Å². The smallest absolute Gasteiger partial charge is 0.178 e. The zero-order valence-electron chi connectivity index (χ0n) is 8.38. The van der Waals surface area contributed by atoms with E-state index in [0.717, 1.165) is 11.2 Å². The van der Waals surface area contributed by atoms with E-state index in [2.05, 4.69) is 19.9 Å². The van der Waals surface area contributed by atoms with Crippen molar-refractivity contribution in [2.45, 2.75) is 0 Å². The van der Waals surface area contributed by atoms with Crippen LogP contribution in [0.1, 0.15) is 0 Å². The molecule has 16 heavy (non-hydrogen) atoms. The Morgan fingerprint density at radius 3 is 2.81 bits per heavy atom. The maximum atomic E-state index is 5.57. The summed E-state index contributed by atoms with van der Waals surface area (Å²) in [6.45, 7) is 0. The molecule has 5 heteroatoms. The second-order valence-electron chi connectivity index (χ2n) is 3.44. The number of hydrogen-bond donors (Lipinski definition) is 2. The first-order valence-corrected chi connectivity index (χ1v) is 4.85. The molecule has 3 heterocycles. The van der Waals surface area contributed by atoms with Crippen LogP contribution in [0.5, 0.6) is 0 Å². The van der Waals surface area contributed by atoms with Gasteiger partial charge in [-0.15, -0.1) is 0 Å². The van der Waals surface area contributed by atoms with Crippen LogP contribution in [0.4, 0.5) is 5.69 Å². The normalized spacial score (nSPS) is 10.8. The van der Waals surface area contributed by atoms with Crippen LogP contribution in [0.2, 0.25) is 0 Å². The Balaban J connectivity index is 2.15. The van der Waals surface area contributed by atoms with Crippen molar-refractivity contribution < 1.29 is 0 Å². The van der Waals surface area contributed by atoms with Gasteiger partial charge in [0.2, 0.25) is 0 Å². The maximum Gasteiger partial charge on any atom is 0.178 e. The first-order valence-electron chi connectivity index (χ1n) is 4.85. The molecule has 78 valence electrons. The fraction of sp³-hybridized carbons (Fsp3) is 0. The Labute approximate surface area is 91.4 Å². The van der Waals surface area contributed by atoms with Crippen LogP contribution in [-0.4, -0.2) is 19.9 Å². The lowest BCUT2D eigenvalue weighted by Crippen LogP contribution is -1.89. The second-order valence-corrected chi connectivity index (χ2v) is 3.44. The first-order chi connectivity index (χ1) is 7.83. The molecule has 3 rings (SSSR count). The zero-order valence-corrected chi connectivity index (χ0v) is 8.38. The number of anilines is 1. The van der Waals surface area contributed by atoms with Crippen LogP contribution in [0.3, 0.4) is 0 Å². The van der Waals surface area contributed by atoms with Crippen molar-refractivity contribution >= 4 is 16.9 Å². The Hall–Kier alpha value is -2.43. The molecule has 0 radical (unpaired) electrons. The SMILES string of the molecule is Nc1ccc(-c2nc3ncccc3[nH]2)nc1. The number of aromatic nitrogens is 4. The van der Waals surface area contributed by atoms with Crippen molar-refractivity contribution in [1.82, 2.24) is 19.9 Å². The molecule has 0 fully saturated rings. The Morgan fingerprint density at radius 1 is 1.12 bits per heavy atom. The third-order valence-electron chi connectivity index (χ3n) is 2.29. The number of H-pyrrole nitrogens is 1. The van der Waals surface area contributed by atoms with E-state index in [1.54, 1.807) is 18.5 Å². The van der Waals surface area contributed by atoms with Gasteiger partial charge in [-0.25, -0.2) is 9.97 Å². The molecule has 0 saturated heterocycles. The molecular weight excluding hydrogens is 202 g/mol. The average molecular weight is 211 g/mol. The molecule has 0 aliphatic carbocycles. The summed E-state index contributed by atoms with van der Waals surface area (Å²) < 4.78 is 0. The number of pyridine rings is 2. The van der Waals surface area contributed by atoms with Crippen molar-refractivity contribution in [2.24, 2.45) is 0 Å². The zero-order chi connectivity index (χ0) is 11.0. The van der Waals surface area contributed by atoms with Gasteiger partial charge < -0.3 is 10.7 Å². The fourth-order valence-electron chi connectivity index (χ4n) is 1.51. The predicted octanol–water partition coefficient (Wildman–Crippen LogP) is 1.60. The quantitative estimate of drug-likeness (QED) is 0.640. The van der Waals surface area contributed by atoms with Crippen LogP contribution >= 0.6 is 0 Å². The van der Waals surface area contributed by atoms with E-state index in [4.69, 9.17) is 5.73 Å². The van der Waals surface area contributed by atoms with E-state index in [0.29, 0.717) is 17.2 Å². The van der Waals surface area contributed by atoms with Gasteiger partial charge in [0.1, 0.15) is 5.69 Å². The van der Waals surface area contributed by atoms with E-state index < -0.39 is 0 Å².